The predicted octanol–water partition coefficient (Wildman–Crippen LogP) is 2.90. The second kappa shape index (κ2) is 18.3. The van der Waals surface area contributed by atoms with Crippen LogP contribution >= 0.6 is 0 Å². The zero-order chi connectivity index (χ0) is 38.4. The molecule has 13 atom stereocenters. The summed E-state index contributed by atoms with van der Waals surface area (Å²) in [7, 11) is 5.72. The van der Waals surface area contributed by atoms with E-state index < -0.39 is 59.1 Å². The molecule has 0 aliphatic carbocycles. The second-order valence-corrected chi connectivity index (χ2v) is 16.8. The van der Waals surface area contributed by atoms with Crippen LogP contribution in [0.5, 0.6) is 0 Å². The summed E-state index contributed by atoms with van der Waals surface area (Å²) in [4.78, 5) is 45.8. The lowest BCUT2D eigenvalue weighted by molar-refractivity contribution is -0.303. The number of nitrogens with zero attached hydrogens (tertiary/aromatic N) is 2. The van der Waals surface area contributed by atoms with Gasteiger partial charge in [-0.15, -0.1) is 0 Å². The van der Waals surface area contributed by atoms with Crippen LogP contribution in [0.4, 0.5) is 0 Å². The Morgan fingerprint density at radius 1 is 1.12 bits per heavy atom. The van der Waals surface area contributed by atoms with Crippen LogP contribution in [0.2, 0.25) is 0 Å². The molecule has 0 aromatic carbocycles. The molecule has 5 aliphatic rings. The minimum Gasteiger partial charge on any atom is -0.457 e. The smallest absolute Gasteiger partial charge is 0.319 e. The Morgan fingerprint density at radius 3 is 2.40 bits per heavy atom. The highest BCUT2D eigenvalue weighted by Crippen LogP contribution is 2.43. The van der Waals surface area contributed by atoms with E-state index in [-0.39, 0.29) is 42.9 Å². The van der Waals surface area contributed by atoms with Crippen LogP contribution in [0.3, 0.4) is 0 Å². The molecule has 300 valence electrons. The van der Waals surface area contributed by atoms with Crippen LogP contribution in [-0.2, 0) is 38.1 Å². The topological polar surface area (TPSA) is 148 Å². The van der Waals surface area contributed by atoms with Crippen LogP contribution in [0.25, 0.3) is 0 Å². The van der Waals surface area contributed by atoms with Crippen molar-refractivity contribution in [1.29, 1.82) is 0 Å². The highest BCUT2D eigenvalue weighted by Gasteiger charge is 2.57. The first-order valence-corrected chi connectivity index (χ1v) is 19.9. The molecule has 0 amide bonds. The largest absolute Gasteiger partial charge is 0.457 e. The minimum absolute atomic E-state index is 0.0516. The number of likely N-dealkylation sites (tertiary alicyclic amines) is 1. The lowest BCUT2D eigenvalue weighted by Crippen LogP contribution is -2.66. The van der Waals surface area contributed by atoms with Crippen LogP contribution in [0.15, 0.2) is 0 Å². The molecule has 0 aromatic heterocycles. The van der Waals surface area contributed by atoms with Gasteiger partial charge in [0.05, 0.1) is 23.9 Å². The number of hydrogen-bond donors (Lipinski definition) is 3. The van der Waals surface area contributed by atoms with E-state index in [1.54, 1.807) is 13.8 Å². The summed E-state index contributed by atoms with van der Waals surface area (Å²) in [6, 6.07) is -0.840. The van der Waals surface area contributed by atoms with Gasteiger partial charge < -0.3 is 49.2 Å². The Labute approximate surface area is 312 Å². The number of esters is 1. The van der Waals surface area contributed by atoms with Crippen molar-refractivity contribution in [1.82, 2.24) is 20.4 Å². The Bertz CT molecular complexity index is 1190. The van der Waals surface area contributed by atoms with Gasteiger partial charge in [0.15, 0.2) is 17.7 Å². The number of hydrogen-bond acceptors (Lipinski definition) is 13. The lowest BCUT2D eigenvalue weighted by Gasteiger charge is -2.49. The third-order valence-corrected chi connectivity index (χ3v) is 12.7. The zero-order valence-corrected chi connectivity index (χ0v) is 33.7. The molecule has 0 radical (unpaired) electrons. The van der Waals surface area contributed by atoms with Gasteiger partial charge in [0.2, 0.25) is 0 Å². The Balaban J connectivity index is 1.75. The van der Waals surface area contributed by atoms with Crippen molar-refractivity contribution in [3.8, 4) is 0 Å². The quantitative estimate of drug-likeness (QED) is 0.172. The summed E-state index contributed by atoms with van der Waals surface area (Å²) in [5.41, 5.74) is -3.74. The van der Waals surface area contributed by atoms with Crippen molar-refractivity contribution in [3.63, 3.8) is 0 Å². The molecule has 5 fully saturated rings. The molecule has 0 unspecified atom stereocenters. The van der Waals surface area contributed by atoms with Gasteiger partial charge >= 0.3 is 5.97 Å². The Kier molecular flexibility index (Phi) is 15.1. The number of fused-ring (bicyclic) bond motifs is 13. The molecule has 5 aliphatic heterocycles. The van der Waals surface area contributed by atoms with Gasteiger partial charge in [0.25, 0.3) is 6.47 Å². The summed E-state index contributed by atoms with van der Waals surface area (Å²) in [5.74, 6) is -1.77. The van der Waals surface area contributed by atoms with E-state index in [1.807, 2.05) is 53.7 Å². The average molecular weight is 739 g/mol. The van der Waals surface area contributed by atoms with E-state index in [4.69, 9.17) is 23.7 Å². The summed E-state index contributed by atoms with van der Waals surface area (Å²) < 4.78 is 32.5. The van der Waals surface area contributed by atoms with Crippen molar-refractivity contribution >= 4 is 18.2 Å². The standard InChI is InChI=1S/C39H70N4O9/c1-11-30-39(12-2,49-24-44)32(40-8)27(5)41-22-25(3)21-38(7)34(26(4)33(46)37(6,16-19-48-38)36(47)51-30)52-35-31(45)29(42(9)10)20-28(50-35)23-43-17-14-13-15-18-43/h24-32,34-35,40-41,45H,11-23H2,1-10H3/t25-,26+,27-,28+,29+,30-,31-,32-,34-,35+,37-,38+,39-/m1/s1. The van der Waals surface area contributed by atoms with Crippen LogP contribution in [0, 0.1) is 17.3 Å². The molecule has 5 heterocycles. The van der Waals surface area contributed by atoms with E-state index in [0.717, 1.165) is 32.5 Å². The number of piperidine rings is 1. The number of aliphatic hydroxyl groups is 1. The van der Waals surface area contributed by atoms with Crippen molar-refractivity contribution in [3.05, 3.63) is 0 Å². The fourth-order valence-electron chi connectivity index (χ4n) is 9.68. The number of ether oxygens (including phenoxy) is 5. The molecule has 0 saturated carbocycles. The predicted molar refractivity (Wildman–Crippen MR) is 198 cm³/mol. The van der Waals surface area contributed by atoms with E-state index in [0.29, 0.717) is 38.7 Å². The summed E-state index contributed by atoms with van der Waals surface area (Å²) in [6.07, 6.45) is 1.74. The third-order valence-electron chi connectivity index (χ3n) is 12.7. The van der Waals surface area contributed by atoms with Gasteiger partial charge in [-0.2, -0.15) is 0 Å². The molecule has 0 aromatic rings. The summed E-state index contributed by atoms with van der Waals surface area (Å²) >= 11 is 0. The molecule has 13 nitrogen and oxygen atoms in total. The lowest BCUT2D eigenvalue weighted by atomic mass is 9.70. The number of carbonyl (C=O) groups excluding carboxylic acids is 3. The molecular formula is C39H70N4O9. The number of aliphatic hydroxyl groups excluding tert-OH is 1. The van der Waals surface area contributed by atoms with E-state index in [9.17, 15) is 19.5 Å². The maximum atomic E-state index is 14.8. The van der Waals surface area contributed by atoms with Crippen molar-refractivity contribution in [2.45, 2.75) is 160 Å². The maximum Gasteiger partial charge on any atom is 0.319 e. The molecular weight excluding hydrogens is 668 g/mol. The fourth-order valence-corrected chi connectivity index (χ4v) is 9.68. The number of rotatable bonds is 10. The van der Waals surface area contributed by atoms with Gasteiger partial charge in [-0.25, -0.2) is 0 Å². The Morgan fingerprint density at radius 2 is 1.81 bits per heavy atom. The number of Topliss-reactive ketones (excluding diaryl/α,β-unsaturated/α-hetero) is 1. The van der Waals surface area contributed by atoms with Gasteiger partial charge in [-0.3, -0.25) is 14.4 Å². The highest BCUT2D eigenvalue weighted by molar-refractivity contribution is 6.04. The molecule has 5 rings (SSSR count). The third kappa shape index (κ3) is 9.04. The monoisotopic (exact) mass is 739 g/mol. The van der Waals surface area contributed by atoms with Gasteiger partial charge in [-0.1, -0.05) is 34.1 Å². The maximum absolute atomic E-state index is 14.8. The van der Waals surface area contributed by atoms with Gasteiger partial charge in [0, 0.05) is 31.2 Å². The first kappa shape index (κ1) is 43.0. The molecule has 0 spiro atoms. The van der Waals surface area contributed by atoms with Crippen LogP contribution in [0.1, 0.15) is 99.8 Å². The highest BCUT2D eigenvalue weighted by atomic mass is 16.7. The number of likely N-dealkylation sites (N-methyl/N-ethyl adjacent to an activating group) is 2. The van der Waals surface area contributed by atoms with Gasteiger partial charge in [0.1, 0.15) is 17.6 Å². The minimum atomic E-state index is -1.57. The van der Waals surface area contributed by atoms with Crippen molar-refractivity contribution in [2.75, 3.05) is 53.9 Å². The van der Waals surface area contributed by atoms with E-state index >= 15 is 0 Å². The molecule has 52 heavy (non-hydrogen) atoms. The first-order chi connectivity index (χ1) is 24.6. The normalized spacial score (nSPS) is 43.3. The van der Waals surface area contributed by atoms with E-state index in [1.165, 1.54) is 6.42 Å². The van der Waals surface area contributed by atoms with Crippen molar-refractivity contribution in [2.24, 2.45) is 17.3 Å². The molecule has 2 bridgehead atoms. The molecule has 3 N–H and O–H groups in total. The van der Waals surface area contributed by atoms with E-state index in [2.05, 4.69) is 22.5 Å². The second-order valence-electron chi connectivity index (χ2n) is 16.8. The SMILES string of the molecule is CC[C@H]1OC(=O)[C@]2(C)CCO[C@@](C)(C[C@@H](C)CN[C@H](C)[C@@H](NC)[C@]1(CC)OC=O)[C@H](O[C@@H]1O[C@H](CN3CCCCC3)C[C@H](N(C)C)[C@H]1O)[C@@H](C)C2=O. The first-order valence-electron chi connectivity index (χ1n) is 19.9. The van der Waals surface area contributed by atoms with Gasteiger partial charge in [-0.05, 0) is 112 Å². The summed E-state index contributed by atoms with van der Waals surface area (Å²) in [6.45, 7) is 17.3. The summed E-state index contributed by atoms with van der Waals surface area (Å²) in [5, 5.41) is 18.8. The van der Waals surface area contributed by atoms with Crippen molar-refractivity contribution < 1.29 is 43.2 Å². The zero-order valence-electron chi connectivity index (χ0n) is 33.7. The Hall–Kier alpha value is -1.71. The number of nitrogens with one attached hydrogen (secondary N) is 2. The molecule has 5 saturated heterocycles. The average Bonchev–Trinajstić information content (AvgIpc) is 3.11. The van der Waals surface area contributed by atoms with Crippen LogP contribution in [-0.4, -0.2) is 147 Å². The number of carbonyl (C=O) groups is 3. The number of ketones is 1. The fraction of sp³-hybridized carbons (Fsp3) is 0.923. The molecule has 13 heteroatoms. The van der Waals surface area contributed by atoms with Crippen LogP contribution < -0.4 is 10.6 Å².